The third-order valence-electron chi connectivity index (χ3n) is 1.67. The lowest BCUT2D eigenvalue weighted by Gasteiger charge is -2.08. The highest BCUT2D eigenvalue weighted by molar-refractivity contribution is 7.15. The molecule has 0 aliphatic carbocycles. The second-order valence-electron chi connectivity index (χ2n) is 2.59. The first-order chi connectivity index (χ1) is 6.66. The molecule has 1 aromatic heterocycles. The summed E-state index contributed by atoms with van der Waals surface area (Å²) in [6, 6.07) is -0.402. The zero-order valence-corrected chi connectivity index (χ0v) is 8.43. The van der Waals surface area contributed by atoms with Gasteiger partial charge in [-0.25, -0.2) is 4.79 Å². The van der Waals surface area contributed by atoms with E-state index in [2.05, 4.69) is 15.5 Å². The van der Waals surface area contributed by atoms with E-state index in [1.807, 2.05) is 0 Å². The molecule has 1 aliphatic rings. The number of hydrogen-bond acceptors (Lipinski definition) is 5. The van der Waals surface area contributed by atoms with Gasteiger partial charge in [0.2, 0.25) is 10.4 Å². The Balaban J connectivity index is 2.10. The number of nitrogens with one attached hydrogen (secondary N) is 1. The van der Waals surface area contributed by atoms with Gasteiger partial charge < -0.3 is 5.32 Å². The minimum Gasteiger partial charge on any atom is -0.329 e. The van der Waals surface area contributed by atoms with Crippen LogP contribution in [0, 0.1) is 0 Å². The lowest BCUT2D eigenvalue weighted by molar-refractivity contribution is -0.125. The zero-order chi connectivity index (χ0) is 10.1. The van der Waals surface area contributed by atoms with E-state index >= 15 is 0 Å². The van der Waals surface area contributed by atoms with Crippen LogP contribution in [0.4, 0.5) is 4.79 Å². The van der Waals surface area contributed by atoms with Crippen LogP contribution in [0.1, 0.15) is 5.01 Å². The van der Waals surface area contributed by atoms with Crippen molar-refractivity contribution in [2.24, 2.45) is 0 Å². The van der Waals surface area contributed by atoms with E-state index in [-0.39, 0.29) is 19.0 Å². The van der Waals surface area contributed by atoms with Crippen LogP contribution in [0.2, 0.25) is 4.47 Å². The normalized spacial score (nSPS) is 16.2. The van der Waals surface area contributed by atoms with Crippen LogP contribution in [0.15, 0.2) is 0 Å². The number of halogens is 1. The van der Waals surface area contributed by atoms with Crippen LogP contribution in [-0.4, -0.2) is 33.6 Å². The lowest BCUT2D eigenvalue weighted by Crippen LogP contribution is -2.30. The summed E-state index contributed by atoms with van der Waals surface area (Å²) < 4.78 is 0.298. The number of aromatic nitrogens is 2. The molecule has 0 spiro atoms. The Morgan fingerprint density at radius 2 is 2.29 bits per heavy atom. The molecule has 1 saturated heterocycles. The second-order valence-corrected chi connectivity index (χ2v) is 4.23. The zero-order valence-electron chi connectivity index (χ0n) is 6.86. The fourth-order valence-electron chi connectivity index (χ4n) is 1.05. The number of hydrogen-bond donors (Lipinski definition) is 1. The first kappa shape index (κ1) is 9.35. The largest absolute Gasteiger partial charge is 0.329 e. The van der Waals surface area contributed by atoms with Gasteiger partial charge in [-0.05, 0) is 11.6 Å². The summed E-state index contributed by atoms with van der Waals surface area (Å²) in [6.45, 7) is 0.181. The third kappa shape index (κ3) is 1.68. The van der Waals surface area contributed by atoms with Crippen molar-refractivity contribution in [3.8, 4) is 0 Å². The van der Waals surface area contributed by atoms with E-state index in [1.165, 1.54) is 0 Å². The average Bonchev–Trinajstić information content (AvgIpc) is 2.67. The molecule has 0 aromatic carbocycles. The molecular weight excluding hydrogens is 228 g/mol. The molecule has 1 aromatic rings. The topological polar surface area (TPSA) is 75.2 Å². The maximum absolute atomic E-state index is 11.2. The highest BCUT2D eigenvalue weighted by Crippen LogP contribution is 2.17. The van der Waals surface area contributed by atoms with Crippen LogP contribution < -0.4 is 5.32 Å². The predicted molar refractivity (Wildman–Crippen MR) is 48.9 cm³/mol. The van der Waals surface area contributed by atoms with E-state index in [0.717, 1.165) is 16.2 Å². The molecule has 2 rings (SSSR count). The maximum Gasteiger partial charge on any atom is 0.324 e. The van der Waals surface area contributed by atoms with E-state index in [1.54, 1.807) is 0 Å². The van der Waals surface area contributed by atoms with Gasteiger partial charge in [0.25, 0.3) is 0 Å². The van der Waals surface area contributed by atoms with Crippen LogP contribution in [0.3, 0.4) is 0 Å². The summed E-state index contributed by atoms with van der Waals surface area (Å²) >= 11 is 6.71. The average molecular weight is 233 g/mol. The highest BCUT2D eigenvalue weighted by atomic mass is 35.5. The summed E-state index contributed by atoms with van der Waals surface area (Å²) in [6.07, 6.45) is 0. The summed E-state index contributed by atoms with van der Waals surface area (Å²) in [5.41, 5.74) is 0. The molecule has 74 valence electrons. The van der Waals surface area contributed by atoms with Crippen LogP contribution in [0.5, 0.6) is 0 Å². The van der Waals surface area contributed by atoms with Crippen molar-refractivity contribution in [3.05, 3.63) is 9.47 Å². The van der Waals surface area contributed by atoms with Crippen LogP contribution >= 0.6 is 22.9 Å². The molecule has 6 nitrogen and oxygen atoms in total. The van der Waals surface area contributed by atoms with Gasteiger partial charge in [0, 0.05) is 0 Å². The number of carbonyl (C=O) groups excluding carboxylic acids is 2. The van der Waals surface area contributed by atoms with Crippen molar-refractivity contribution >= 4 is 34.9 Å². The number of rotatable bonds is 2. The molecule has 3 amide bonds. The van der Waals surface area contributed by atoms with Gasteiger partial charge >= 0.3 is 6.03 Å². The summed E-state index contributed by atoms with van der Waals surface area (Å²) in [5, 5.41) is 10.2. The fourth-order valence-corrected chi connectivity index (χ4v) is 1.90. The van der Waals surface area contributed by atoms with E-state index in [4.69, 9.17) is 11.6 Å². The van der Waals surface area contributed by atoms with E-state index in [0.29, 0.717) is 9.47 Å². The van der Waals surface area contributed by atoms with Crippen molar-refractivity contribution in [2.45, 2.75) is 6.54 Å². The number of carbonyl (C=O) groups is 2. The van der Waals surface area contributed by atoms with Gasteiger partial charge in [-0.2, -0.15) is 0 Å². The molecule has 2 heterocycles. The van der Waals surface area contributed by atoms with Crippen molar-refractivity contribution in [2.75, 3.05) is 6.54 Å². The molecule has 0 saturated carbocycles. The monoisotopic (exact) mass is 232 g/mol. The Labute approximate surface area is 87.9 Å². The molecular formula is C6H5ClN4O2S. The van der Waals surface area contributed by atoms with Crippen molar-refractivity contribution < 1.29 is 9.59 Å². The van der Waals surface area contributed by atoms with E-state index in [9.17, 15) is 9.59 Å². The summed E-state index contributed by atoms with van der Waals surface area (Å²) in [5.74, 6) is -0.263. The predicted octanol–water partition coefficient (Wildman–Crippen LogP) is 0.243. The molecule has 14 heavy (non-hydrogen) atoms. The minimum absolute atomic E-state index is 0.0470. The van der Waals surface area contributed by atoms with Gasteiger partial charge in [-0.15, -0.1) is 10.2 Å². The lowest BCUT2D eigenvalue weighted by atomic mass is 10.5. The molecule has 0 bridgehead atoms. The van der Waals surface area contributed by atoms with Crippen LogP contribution in [0.25, 0.3) is 0 Å². The quantitative estimate of drug-likeness (QED) is 0.742. The van der Waals surface area contributed by atoms with Crippen molar-refractivity contribution in [1.29, 1.82) is 0 Å². The SMILES string of the molecule is O=C1CNC(=O)N1Cc1nnc(Cl)s1. The Hall–Kier alpha value is -1.21. The number of imide groups is 1. The van der Waals surface area contributed by atoms with Crippen LogP contribution in [-0.2, 0) is 11.3 Å². The van der Waals surface area contributed by atoms with Gasteiger partial charge in [-0.3, -0.25) is 9.69 Å². The molecule has 0 unspecified atom stereocenters. The van der Waals surface area contributed by atoms with Crippen molar-refractivity contribution in [3.63, 3.8) is 0 Å². The fraction of sp³-hybridized carbons (Fsp3) is 0.333. The standard InChI is InChI=1S/C6H5ClN4O2S/c7-5-10-9-3(14-5)2-11-4(12)1-8-6(11)13/h1-2H2,(H,8,13). The van der Waals surface area contributed by atoms with E-state index < -0.39 is 6.03 Å². The van der Waals surface area contributed by atoms with Crippen molar-refractivity contribution in [1.82, 2.24) is 20.4 Å². The smallest absolute Gasteiger partial charge is 0.324 e. The summed E-state index contributed by atoms with van der Waals surface area (Å²) in [7, 11) is 0. The molecule has 1 fully saturated rings. The van der Waals surface area contributed by atoms with Gasteiger partial charge in [0.05, 0.1) is 13.1 Å². The molecule has 1 N–H and O–H groups in total. The number of nitrogens with zero attached hydrogens (tertiary/aromatic N) is 3. The van der Waals surface area contributed by atoms with Gasteiger partial charge in [0.1, 0.15) is 5.01 Å². The number of urea groups is 1. The Bertz CT molecular complexity index is 377. The van der Waals surface area contributed by atoms with Gasteiger partial charge in [0.15, 0.2) is 0 Å². The Morgan fingerprint density at radius 3 is 2.79 bits per heavy atom. The number of amides is 3. The molecule has 0 atom stereocenters. The minimum atomic E-state index is -0.402. The maximum atomic E-state index is 11.2. The van der Waals surface area contributed by atoms with Gasteiger partial charge in [-0.1, -0.05) is 11.3 Å². The molecule has 0 radical (unpaired) electrons. The molecule has 1 aliphatic heterocycles. The molecule has 8 heteroatoms. The Morgan fingerprint density at radius 1 is 1.50 bits per heavy atom. The first-order valence-electron chi connectivity index (χ1n) is 3.73. The summed E-state index contributed by atoms with van der Waals surface area (Å²) in [4.78, 5) is 23.4. The Kier molecular flexibility index (Phi) is 2.34. The highest BCUT2D eigenvalue weighted by Gasteiger charge is 2.29. The first-order valence-corrected chi connectivity index (χ1v) is 4.92. The second kappa shape index (κ2) is 3.50. The third-order valence-corrected chi connectivity index (χ3v) is 2.68.